The second-order valence-electron chi connectivity index (χ2n) is 9.15. The van der Waals surface area contributed by atoms with Gasteiger partial charge in [-0.2, -0.15) is 11.8 Å². The Labute approximate surface area is 199 Å². The van der Waals surface area contributed by atoms with Gasteiger partial charge in [0.05, 0.1) is 12.2 Å². The predicted molar refractivity (Wildman–Crippen MR) is 131 cm³/mol. The van der Waals surface area contributed by atoms with E-state index in [1.807, 2.05) is 34.3 Å². The minimum atomic E-state index is -0.827. The van der Waals surface area contributed by atoms with Crippen LogP contribution in [0.3, 0.4) is 0 Å². The standard InChI is InChI=1S/C24H35N5O3S/c1-33-15-12-22(24(31)32)29(23-17-28(26-25-23)20-7-3-2-4-8-20)27-13-10-18(11-14-27)19-6-5-9-21(30)16-19/h5-6,9,16-18,20,22,30H,2-4,7-8,10-15H2,1H3,(H,31,32)/t22-/m0/s1. The van der Waals surface area contributed by atoms with Crippen molar-refractivity contribution in [1.82, 2.24) is 20.0 Å². The van der Waals surface area contributed by atoms with Crippen LogP contribution in [0.25, 0.3) is 0 Å². The number of thioether (sulfide) groups is 1. The number of benzene rings is 1. The van der Waals surface area contributed by atoms with E-state index >= 15 is 0 Å². The molecule has 2 N–H and O–H groups in total. The van der Waals surface area contributed by atoms with Crippen molar-refractivity contribution in [3.8, 4) is 5.75 Å². The van der Waals surface area contributed by atoms with Crippen molar-refractivity contribution in [2.24, 2.45) is 0 Å². The molecule has 2 fully saturated rings. The number of piperidine rings is 1. The first-order valence-corrected chi connectivity index (χ1v) is 13.4. The van der Waals surface area contributed by atoms with Crippen molar-refractivity contribution in [2.75, 3.05) is 30.1 Å². The lowest BCUT2D eigenvalue weighted by molar-refractivity contribution is -0.139. The van der Waals surface area contributed by atoms with E-state index in [9.17, 15) is 15.0 Å². The highest BCUT2D eigenvalue weighted by molar-refractivity contribution is 7.98. The van der Waals surface area contributed by atoms with Gasteiger partial charge in [0.2, 0.25) is 0 Å². The summed E-state index contributed by atoms with van der Waals surface area (Å²) in [6.07, 6.45) is 12.2. The zero-order chi connectivity index (χ0) is 23.2. The molecule has 0 bridgehead atoms. The Morgan fingerprint density at radius 1 is 1.21 bits per heavy atom. The van der Waals surface area contributed by atoms with Crippen LogP contribution < -0.4 is 5.01 Å². The number of phenolic OH excluding ortho intramolecular Hbond substituents is 1. The topological polar surface area (TPSA) is 94.7 Å². The maximum absolute atomic E-state index is 12.3. The molecule has 1 saturated carbocycles. The molecule has 8 nitrogen and oxygen atoms in total. The number of aliphatic carboxylic acids is 1. The highest BCUT2D eigenvalue weighted by Gasteiger charge is 2.35. The third kappa shape index (κ3) is 5.81. The van der Waals surface area contributed by atoms with Crippen LogP contribution in [0.15, 0.2) is 30.5 Å². The summed E-state index contributed by atoms with van der Waals surface area (Å²) in [5, 5.41) is 32.9. The number of anilines is 1. The minimum Gasteiger partial charge on any atom is -0.508 e. The Morgan fingerprint density at radius 2 is 1.97 bits per heavy atom. The molecule has 1 aromatic carbocycles. The molecule has 0 spiro atoms. The zero-order valence-corrected chi connectivity index (χ0v) is 20.2. The van der Waals surface area contributed by atoms with Crippen molar-refractivity contribution in [1.29, 1.82) is 0 Å². The number of phenols is 1. The summed E-state index contributed by atoms with van der Waals surface area (Å²) in [6, 6.07) is 7.16. The molecular formula is C24H35N5O3S. The van der Waals surface area contributed by atoms with E-state index in [0.717, 1.165) is 50.1 Å². The molecule has 0 unspecified atom stereocenters. The molecule has 2 heterocycles. The first kappa shape index (κ1) is 23.9. The van der Waals surface area contributed by atoms with Crippen LogP contribution >= 0.6 is 11.8 Å². The number of carboxylic acid groups (broad SMARTS) is 1. The molecule has 33 heavy (non-hydrogen) atoms. The summed E-state index contributed by atoms with van der Waals surface area (Å²) in [7, 11) is 0. The average molecular weight is 474 g/mol. The van der Waals surface area contributed by atoms with Gasteiger partial charge in [-0.1, -0.05) is 36.6 Å². The van der Waals surface area contributed by atoms with E-state index in [1.54, 1.807) is 17.8 Å². The number of hydrazine groups is 1. The summed E-state index contributed by atoms with van der Waals surface area (Å²) in [5.74, 6) is 1.21. The lowest BCUT2D eigenvalue weighted by atomic mass is 9.90. The Kier molecular flexibility index (Phi) is 8.14. The Bertz CT molecular complexity index is 909. The van der Waals surface area contributed by atoms with Crippen LogP contribution in [-0.4, -0.2) is 67.3 Å². The minimum absolute atomic E-state index is 0.291. The molecule has 2 aliphatic rings. The monoisotopic (exact) mass is 473 g/mol. The summed E-state index contributed by atoms with van der Waals surface area (Å²) >= 11 is 1.66. The fraction of sp³-hybridized carbons (Fsp3) is 0.625. The quantitative estimate of drug-likeness (QED) is 0.557. The van der Waals surface area contributed by atoms with Crippen LogP contribution in [0.1, 0.15) is 68.9 Å². The van der Waals surface area contributed by atoms with E-state index in [2.05, 4.69) is 21.4 Å². The molecule has 180 valence electrons. The molecule has 1 atom stereocenters. The van der Waals surface area contributed by atoms with Gasteiger partial charge in [-0.25, -0.2) is 14.5 Å². The summed E-state index contributed by atoms with van der Waals surface area (Å²) in [6.45, 7) is 1.47. The third-order valence-corrected chi connectivity index (χ3v) is 7.62. The highest BCUT2D eigenvalue weighted by atomic mass is 32.2. The molecule has 2 aromatic rings. The third-order valence-electron chi connectivity index (χ3n) is 6.98. The largest absolute Gasteiger partial charge is 0.508 e. The first-order chi connectivity index (χ1) is 16.1. The molecule has 1 aromatic heterocycles. The number of carboxylic acids is 1. The van der Waals surface area contributed by atoms with Gasteiger partial charge >= 0.3 is 5.97 Å². The fourth-order valence-electron chi connectivity index (χ4n) is 5.17. The van der Waals surface area contributed by atoms with Gasteiger partial charge < -0.3 is 10.2 Å². The maximum atomic E-state index is 12.3. The molecule has 1 aliphatic heterocycles. The van der Waals surface area contributed by atoms with Gasteiger partial charge in [-0.05, 0) is 67.7 Å². The van der Waals surface area contributed by atoms with Gasteiger partial charge in [0.15, 0.2) is 5.82 Å². The van der Waals surface area contributed by atoms with Gasteiger partial charge in [0.25, 0.3) is 0 Å². The summed E-state index contributed by atoms with van der Waals surface area (Å²) in [5.41, 5.74) is 1.14. The van der Waals surface area contributed by atoms with Gasteiger partial charge in [-0.3, -0.25) is 5.01 Å². The number of rotatable bonds is 9. The van der Waals surface area contributed by atoms with Crippen LogP contribution in [0.4, 0.5) is 5.82 Å². The predicted octanol–water partition coefficient (Wildman–Crippen LogP) is 4.30. The van der Waals surface area contributed by atoms with Gasteiger partial charge in [0, 0.05) is 13.1 Å². The Morgan fingerprint density at radius 3 is 2.64 bits per heavy atom. The second kappa shape index (κ2) is 11.2. The molecule has 1 saturated heterocycles. The SMILES string of the molecule is CSCC[C@@H](C(=O)O)N(c1cn(C2CCCCC2)nn1)N1CCC(c2cccc(O)c2)CC1. The molecule has 0 radical (unpaired) electrons. The lowest BCUT2D eigenvalue weighted by Gasteiger charge is -2.42. The number of hydrogen-bond acceptors (Lipinski definition) is 7. The van der Waals surface area contributed by atoms with Crippen LogP contribution in [0.5, 0.6) is 5.75 Å². The Hall–Kier alpha value is -2.26. The van der Waals surface area contributed by atoms with Crippen molar-refractivity contribution in [2.45, 2.75) is 69.4 Å². The molecule has 1 aliphatic carbocycles. The molecular weight excluding hydrogens is 438 g/mol. The van der Waals surface area contributed by atoms with E-state index in [-0.39, 0.29) is 0 Å². The molecule has 4 rings (SSSR count). The number of nitrogens with zero attached hydrogens (tertiary/aromatic N) is 5. The smallest absolute Gasteiger partial charge is 0.328 e. The van der Waals surface area contributed by atoms with Crippen molar-refractivity contribution < 1.29 is 15.0 Å². The lowest BCUT2D eigenvalue weighted by Crippen LogP contribution is -2.55. The van der Waals surface area contributed by atoms with E-state index < -0.39 is 12.0 Å². The maximum Gasteiger partial charge on any atom is 0.328 e. The van der Waals surface area contributed by atoms with Gasteiger partial charge in [-0.15, -0.1) is 5.10 Å². The Balaban J connectivity index is 1.54. The molecule has 9 heteroatoms. The summed E-state index contributed by atoms with van der Waals surface area (Å²) in [4.78, 5) is 12.3. The number of carbonyl (C=O) groups is 1. The second-order valence-corrected chi connectivity index (χ2v) is 10.1. The summed E-state index contributed by atoms with van der Waals surface area (Å²) < 4.78 is 1.95. The van der Waals surface area contributed by atoms with Gasteiger partial charge in [0.1, 0.15) is 11.8 Å². The van der Waals surface area contributed by atoms with Crippen molar-refractivity contribution in [3.05, 3.63) is 36.0 Å². The fourth-order valence-corrected chi connectivity index (χ4v) is 5.63. The normalized spacial score (nSPS) is 19.4. The average Bonchev–Trinajstić information content (AvgIpc) is 3.32. The van der Waals surface area contributed by atoms with Crippen LogP contribution in [0.2, 0.25) is 0 Å². The number of hydrogen-bond donors (Lipinski definition) is 2. The van der Waals surface area contributed by atoms with Crippen LogP contribution in [-0.2, 0) is 4.79 Å². The van der Waals surface area contributed by atoms with E-state index in [0.29, 0.717) is 29.9 Å². The number of aromatic hydroxyl groups is 1. The van der Waals surface area contributed by atoms with Crippen LogP contribution in [0, 0.1) is 0 Å². The van der Waals surface area contributed by atoms with E-state index in [1.165, 1.54) is 19.3 Å². The number of aromatic nitrogens is 3. The highest BCUT2D eigenvalue weighted by Crippen LogP contribution is 2.33. The first-order valence-electron chi connectivity index (χ1n) is 12.0. The zero-order valence-electron chi connectivity index (χ0n) is 19.3. The molecule has 0 amide bonds. The van der Waals surface area contributed by atoms with Crippen molar-refractivity contribution in [3.63, 3.8) is 0 Å². The van der Waals surface area contributed by atoms with E-state index in [4.69, 9.17) is 0 Å². The van der Waals surface area contributed by atoms with Crippen molar-refractivity contribution >= 4 is 23.5 Å².